The van der Waals surface area contributed by atoms with Gasteiger partial charge in [0, 0.05) is 25.7 Å². The molecule has 1 aromatic rings. The van der Waals surface area contributed by atoms with E-state index in [0.29, 0.717) is 5.56 Å². The molecule has 4 nitrogen and oxygen atoms in total. The molecule has 0 saturated carbocycles. The lowest BCUT2D eigenvalue weighted by Crippen LogP contribution is -2.41. The maximum absolute atomic E-state index is 8.90. The number of nitriles is 1. The molecule has 0 radical (unpaired) electrons. The third-order valence-corrected chi connectivity index (χ3v) is 4.00. The summed E-state index contributed by atoms with van der Waals surface area (Å²) in [5.41, 5.74) is 8.29. The fourth-order valence-electron chi connectivity index (χ4n) is 2.93. The maximum atomic E-state index is 8.90. The minimum absolute atomic E-state index is 0.141. The van der Waals surface area contributed by atoms with Crippen LogP contribution in [0.25, 0.3) is 0 Å². The lowest BCUT2D eigenvalue weighted by Gasteiger charge is -2.33. The van der Waals surface area contributed by atoms with E-state index >= 15 is 0 Å². The molecule has 0 aromatic heterocycles. The van der Waals surface area contributed by atoms with Crippen LogP contribution in [0.3, 0.4) is 0 Å². The third-order valence-electron chi connectivity index (χ3n) is 4.00. The maximum Gasteiger partial charge on any atom is 0.0991 e. The van der Waals surface area contributed by atoms with E-state index in [1.807, 2.05) is 24.3 Å². The van der Waals surface area contributed by atoms with Crippen molar-refractivity contribution in [1.82, 2.24) is 4.90 Å². The van der Waals surface area contributed by atoms with Crippen LogP contribution in [0.2, 0.25) is 0 Å². The summed E-state index contributed by atoms with van der Waals surface area (Å²) in [7, 11) is 1.73. The molecule has 2 rings (SSSR count). The number of hydrogen-bond acceptors (Lipinski definition) is 4. The van der Waals surface area contributed by atoms with Crippen molar-refractivity contribution >= 4 is 0 Å². The van der Waals surface area contributed by atoms with E-state index in [4.69, 9.17) is 15.7 Å². The third kappa shape index (κ3) is 3.57. The Bertz CT molecular complexity index is 452. The largest absolute Gasteiger partial charge is 0.383 e. The Balaban J connectivity index is 2.22. The molecule has 1 aliphatic heterocycles. The van der Waals surface area contributed by atoms with E-state index in [-0.39, 0.29) is 12.1 Å². The lowest BCUT2D eigenvalue weighted by atomic mass is 9.95. The molecule has 0 aliphatic carbocycles. The van der Waals surface area contributed by atoms with Gasteiger partial charge in [0.15, 0.2) is 0 Å². The minimum Gasteiger partial charge on any atom is -0.383 e. The smallest absolute Gasteiger partial charge is 0.0991 e. The molecule has 1 heterocycles. The van der Waals surface area contributed by atoms with Crippen LogP contribution >= 0.6 is 0 Å². The van der Waals surface area contributed by atoms with Gasteiger partial charge in [-0.05, 0) is 37.1 Å². The Labute approximate surface area is 121 Å². The van der Waals surface area contributed by atoms with Gasteiger partial charge in [0.05, 0.1) is 18.2 Å². The number of nitrogens with two attached hydrogens (primary N) is 1. The van der Waals surface area contributed by atoms with Crippen LogP contribution in [-0.4, -0.2) is 37.7 Å². The Hall–Kier alpha value is -1.41. The highest BCUT2D eigenvalue weighted by molar-refractivity contribution is 5.33. The highest BCUT2D eigenvalue weighted by Gasteiger charge is 2.28. The van der Waals surface area contributed by atoms with Gasteiger partial charge in [-0.25, -0.2) is 0 Å². The number of ether oxygens (including phenoxy) is 1. The summed E-state index contributed by atoms with van der Waals surface area (Å²) in [5.74, 6) is 0. The van der Waals surface area contributed by atoms with E-state index in [1.165, 1.54) is 18.4 Å². The zero-order chi connectivity index (χ0) is 14.4. The Kier molecular flexibility index (Phi) is 5.54. The van der Waals surface area contributed by atoms with Crippen LogP contribution in [-0.2, 0) is 4.74 Å². The molecule has 2 atom stereocenters. The van der Waals surface area contributed by atoms with E-state index in [0.717, 1.165) is 26.1 Å². The van der Waals surface area contributed by atoms with Crippen LogP contribution in [0.5, 0.6) is 0 Å². The normalized spacial score (nSPS) is 24.1. The molecule has 0 amide bonds. The Morgan fingerprint density at radius 1 is 1.35 bits per heavy atom. The minimum atomic E-state index is 0.141. The van der Waals surface area contributed by atoms with Gasteiger partial charge in [-0.3, -0.25) is 4.90 Å². The van der Waals surface area contributed by atoms with Crippen LogP contribution in [0.1, 0.15) is 36.4 Å². The second-order valence-electron chi connectivity index (χ2n) is 5.37. The molecule has 2 N–H and O–H groups in total. The molecule has 108 valence electrons. The molecule has 1 aliphatic rings. The average molecular weight is 273 g/mol. The predicted octanol–water partition coefficient (Wildman–Crippen LogP) is 2.06. The molecule has 2 unspecified atom stereocenters. The first-order valence-electron chi connectivity index (χ1n) is 7.25. The van der Waals surface area contributed by atoms with Crippen LogP contribution in [0.4, 0.5) is 0 Å². The summed E-state index contributed by atoms with van der Waals surface area (Å²) in [4.78, 5) is 2.42. The standard InChI is InChI=1S/C16H23N3O/c1-20-11-10-19-9-3-2-4-15(18)16(19)14-7-5-13(12-17)6-8-14/h5-8,15-16H,2-4,9-11,18H2,1H3. The number of benzene rings is 1. The van der Waals surface area contributed by atoms with Crippen LogP contribution in [0, 0.1) is 11.3 Å². The number of hydrogen-bond donors (Lipinski definition) is 1. The fourth-order valence-corrected chi connectivity index (χ4v) is 2.93. The summed E-state index contributed by atoms with van der Waals surface area (Å²) in [6.45, 7) is 2.68. The van der Waals surface area contributed by atoms with Gasteiger partial charge in [-0.2, -0.15) is 5.26 Å². The molecule has 1 saturated heterocycles. The summed E-state index contributed by atoms with van der Waals surface area (Å²) < 4.78 is 5.22. The second-order valence-corrected chi connectivity index (χ2v) is 5.37. The predicted molar refractivity (Wildman–Crippen MR) is 79.2 cm³/mol. The van der Waals surface area contributed by atoms with E-state index in [2.05, 4.69) is 11.0 Å². The lowest BCUT2D eigenvalue weighted by molar-refractivity contribution is 0.115. The first-order valence-corrected chi connectivity index (χ1v) is 7.25. The Morgan fingerprint density at radius 3 is 2.75 bits per heavy atom. The van der Waals surface area contributed by atoms with Gasteiger partial charge < -0.3 is 10.5 Å². The van der Waals surface area contributed by atoms with Crippen molar-refractivity contribution in [1.29, 1.82) is 5.26 Å². The fraction of sp³-hybridized carbons (Fsp3) is 0.562. The summed E-state index contributed by atoms with van der Waals surface area (Å²) in [6, 6.07) is 10.3. The molecule has 20 heavy (non-hydrogen) atoms. The quantitative estimate of drug-likeness (QED) is 0.912. The molecule has 1 fully saturated rings. The van der Waals surface area contributed by atoms with Crippen molar-refractivity contribution < 1.29 is 4.74 Å². The highest BCUT2D eigenvalue weighted by Crippen LogP contribution is 2.29. The molecule has 4 heteroatoms. The monoisotopic (exact) mass is 273 g/mol. The van der Waals surface area contributed by atoms with Gasteiger partial charge >= 0.3 is 0 Å². The molecule has 0 bridgehead atoms. The Morgan fingerprint density at radius 2 is 2.10 bits per heavy atom. The zero-order valence-corrected chi connectivity index (χ0v) is 12.1. The van der Waals surface area contributed by atoms with Gasteiger partial charge in [-0.1, -0.05) is 18.6 Å². The van der Waals surface area contributed by atoms with Crippen LogP contribution < -0.4 is 5.73 Å². The first kappa shape index (κ1) is 15.0. The van der Waals surface area contributed by atoms with E-state index < -0.39 is 0 Å². The van der Waals surface area contributed by atoms with Crippen molar-refractivity contribution in [3.63, 3.8) is 0 Å². The van der Waals surface area contributed by atoms with Gasteiger partial charge in [0.1, 0.15) is 0 Å². The zero-order valence-electron chi connectivity index (χ0n) is 12.1. The van der Waals surface area contributed by atoms with E-state index in [9.17, 15) is 0 Å². The SMILES string of the molecule is COCCN1CCCCC(N)C1c1ccc(C#N)cc1. The van der Waals surface area contributed by atoms with Crippen molar-refractivity contribution in [2.75, 3.05) is 26.8 Å². The highest BCUT2D eigenvalue weighted by atomic mass is 16.5. The van der Waals surface area contributed by atoms with Crippen molar-refractivity contribution in [2.45, 2.75) is 31.3 Å². The number of nitrogens with zero attached hydrogens (tertiary/aromatic N) is 2. The average Bonchev–Trinajstić information content (AvgIpc) is 2.67. The van der Waals surface area contributed by atoms with Gasteiger partial charge in [0.2, 0.25) is 0 Å². The van der Waals surface area contributed by atoms with Crippen molar-refractivity contribution in [3.05, 3.63) is 35.4 Å². The van der Waals surface area contributed by atoms with Crippen LogP contribution in [0.15, 0.2) is 24.3 Å². The van der Waals surface area contributed by atoms with Gasteiger partial charge in [0.25, 0.3) is 0 Å². The van der Waals surface area contributed by atoms with Crippen molar-refractivity contribution in [3.8, 4) is 6.07 Å². The first-order chi connectivity index (χ1) is 9.76. The second kappa shape index (κ2) is 7.39. The molecule has 0 spiro atoms. The summed E-state index contributed by atoms with van der Waals surface area (Å²) in [5, 5.41) is 8.90. The molecular formula is C16H23N3O. The topological polar surface area (TPSA) is 62.3 Å². The summed E-state index contributed by atoms with van der Waals surface area (Å²) in [6.07, 6.45) is 3.41. The number of methoxy groups -OCH3 is 1. The van der Waals surface area contributed by atoms with E-state index in [1.54, 1.807) is 7.11 Å². The number of rotatable bonds is 4. The molecule has 1 aromatic carbocycles. The van der Waals surface area contributed by atoms with Gasteiger partial charge in [-0.15, -0.1) is 0 Å². The number of likely N-dealkylation sites (tertiary alicyclic amines) is 1. The molecular weight excluding hydrogens is 250 g/mol. The summed E-state index contributed by atoms with van der Waals surface area (Å²) >= 11 is 0. The van der Waals surface area contributed by atoms with Crippen molar-refractivity contribution in [2.24, 2.45) is 5.73 Å².